The van der Waals surface area contributed by atoms with Crippen LogP contribution in [0.2, 0.25) is 0 Å². The van der Waals surface area contributed by atoms with Crippen LogP contribution in [0.15, 0.2) is 85.1 Å². The van der Waals surface area contributed by atoms with Crippen LogP contribution in [-0.4, -0.2) is 42.0 Å². The van der Waals surface area contributed by atoms with Crippen molar-refractivity contribution in [3.8, 4) is 0 Å². The van der Waals surface area contributed by atoms with Crippen molar-refractivity contribution in [1.82, 2.24) is 15.2 Å². The molecule has 0 radical (unpaired) electrons. The van der Waals surface area contributed by atoms with Crippen molar-refractivity contribution in [3.05, 3.63) is 102 Å². The Labute approximate surface area is 195 Å². The van der Waals surface area contributed by atoms with Gasteiger partial charge in [-0.2, -0.15) is 0 Å². The molecule has 0 bridgehead atoms. The van der Waals surface area contributed by atoms with E-state index in [2.05, 4.69) is 80.8 Å². The van der Waals surface area contributed by atoms with Crippen LogP contribution in [-0.2, 0) is 24.3 Å². The SMILES string of the molecule is O=C(Cc1c[nH]c2ccccc12)NCc1ccccc1CN1CCN(c2ccccc2)CC1. The molecule has 5 rings (SSSR count). The molecule has 0 spiro atoms. The number of fused-ring (bicyclic) bond motifs is 1. The quantitative estimate of drug-likeness (QED) is 0.451. The van der Waals surface area contributed by atoms with E-state index in [4.69, 9.17) is 0 Å². The summed E-state index contributed by atoms with van der Waals surface area (Å²) in [5.41, 5.74) is 5.88. The Balaban J connectivity index is 1.16. The average molecular weight is 439 g/mol. The number of hydrogen-bond donors (Lipinski definition) is 2. The number of benzene rings is 3. The highest BCUT2D eigenvalue weighted by atomic mass is 16.1. The zero-order valence-electron chi connectivity index (χ0n) is 18.8. The lowest BCUT2D eigenvalue weighted by molar-refractivity contribution is -0.120. The Morgan fingerprint density at radius 1 is 0.788 bits per heavy atom. The fourth-order valence-electron chi connectivity index (χ4n) is 4.64. The van der Waals surface area contributed by atoms with Gasteiger partial charge in [0.2, 0.25) is 5.91 Å². The number of rotatable bonds is 7. The van der Waals surface area contributed by atoms with E-state index in [9.17, 15) is 4.79 Å². The lowest BCUT2D eigenvalue weighted by atomic mass is 10.1. The summed E-state index contributed by atoms with van der Waals surface area (Å²) >= 11 is 0. The molecule has 168 valence electrons. The summed E-state index contributed by atoms with van der Waals surface area (Å²) in [7, 11) is 0. The first kappa shape index (κ1) is 21.3. The van der Waals surface area contributed by atoms with Gasteiger partial charge >= 0.3 is 0 Å². The van der Waals surface area contributed by atoms with Gasteiger partial charge in [-0.3, -0.25) is 9.69 Å². The third kappa shape index (κ3) is 5.10. The first-order chi connectivity index (χ1) is 16.3. The highest BCUT2D eigenvalue weighted by molar-refractivity contribution is 5.88. The van der Waals surface area contributed by atoms with Gasteiger partial charge in [0.05, 0.1) is 6.42 Å². The Hall–Kier alpha value is -3.57. The largest absolute Gasteiger partial charge is 0.369 e. The van der Waals surface area contributed by atoms with Crippen molar-refractivity contribution in [1.29, 1.82) is 0 Å². The van der Waals surface area contributed by atoms with Crippen molar-refractivity contribution in [2.45, 2.75) is 19.5 Å². The van der Waals surface area contributed by atoms with Crippen LogP contribution in [0.1, 0.15) is 16.7 Å². The van der Waals surface area contributed by atoms with Crippen LogP contribution in [0, 0.1) is 0 Å². The number of amides is 1. The number of anilines is 1. The standard InChI is InChI=1S/C28H30N4O/c33-28(18-24-20-29-27-13-7-6-12-26(24)27)30-19-22-8-4-5-9-23(22)21-31-14-16-32(17-15-31)25-10-2-1-3-11-25/h1-13,20,29H,14-19,21H2,(H,30,33). The van der Waals surface area contributed by atoms with E-state index in [-0.39, 0.29) is 5.91 Å². The molecular formula is C28H30N4O. The van der Waals surface area contributed by atoms with E-state index in [1.807, 2.05) is 24.4 Å². The molecule has 2 N–H and O–H groups in total. The minimum atomic E-state index is 0.0473. The highest BCUT2D eigenvalue weighted by Crippen LogP contribution is 2.19. The van der Waals surface area contributed by atoms with E-state index >= 15 is 0 Å². The number of hydrogen-bond acceptors (Lipinski definition) is 3. The number of carbonyl (C=O) groups is 1. The second kappa shape index (κ2) is 9.92. The lowest BCUT2D eigenvalue weighted by Crippen LogP contribution is -2.46. The molecule has 5 heteroatoms. The minimum absolute atomic E-state index is 0.0473. The van der Waals surface area contributed by atoms with E-state index in [0.717, 1.165) is 49.2 Å². The zero-order chi connectivity index (χ0) is 22.5. The van der Waals surface area contributed by atoms with Crippen LogP contribution in [0.25, 0.3) is 10.9 Å². The molecule has 0 aliphatic carbocycles. The van der Waals surface area contributed by atoms with Crippen LogP contribution < -0.4 is 10.2 Å². The van der Waals surface area contributed by atoms with Crippen LogP contribution in [0.4, 0.5) is 5.69 Å². The molecule has 1 fully saturated rings. The molecular weight excluding hydrogens is 408 g/mol. The van der Waals surface area contributed by atoms with Crippen molar-refractivity contribution in [3.63, 3.8) is 0 Å². The Kier molecular flexibility index (Phi) is 6.40. The zero-order valence-corrected chi connectivity index (χ0v) is 18.8. The molecule has 2 heterocycles. The van der Waals surface area contributed by atoms with Crippen LogP contribution in [0.5, 0.6) is 0 Å². The predicted molar refractivity (Wildman–Crippen MR) is 134 cm³/mol. The molecule has 3 aromatic carbocycles. The lowest BCUT2D eigenvalue weighted by Gasteiger charge is -2.36. The summed E-state index contributed by atoms with van der Waals surface area (Å²) in [5.74, 6) is 0.0473. The van der Waals surface area contributed by atoms with Crippen molar-refractivity contribution >= 4 is 22.5 Å². The molecule has 0 unspecified atom stereocenters. The maximum Gasteiger partial charge on any atom is 0.224 e. The third-order valence-electron chi connectivity index (χ3n) is 6.51. The second-order valence-electron chi connectivity index (χ2n) is 8.68. The van der Waals surface area contributed by atoms with E-state index in [1.165, 1.54) is 16.8 Å². The van der Waals surface area contributed by atoms with Gasteiger partial charge in [0.1, 0.15) is 0 Å². The van der Waals surface area contributed by atoms with Gasteiger partial charge in [-0.05, 0) is 34.9 Å². The second-order valence-corrected chi connectivity index (χ2v) is 8.68. The molecule has 5 nitrogen and oxygen atoms in total. The fraction of sp³-hybridized carbons (Fsp3) is 0.250. The van der Waals surface area contributed by atoms with Crippen molar-refractivity contribution < 1.29 is 4.79 Å². The Morgan fingerprint density at radius 3 is 2.30 bits per heavy atom. The number of aromatic amines is 1. The summed E-state index contributed by atoms with van der Waals surface area (Å²) in [4.78, 5) is 20.9. The summed E-state index contributed by atoms with van der Waals surface area (Å²) in [5, 5.41) is 4.24. The maximum atomic E-state index is 12.7. The minimum Gasteiger partial charge on any atom is -0.369 e. The molecule has 1 aliphatic rings. The smallest absolute Gasteiger partial charge is 0.224 e. The molecule has 1 amide bonds. The van der Waals surface area contributed by atoms with Gasteiger partial charge in [0, 0.05) is 62.1 Å². The normalized spacial score (nSPS) is 14.5. The Morgan fingerprint density at radius 2 is 1.48 bits per heavy atom. The number of H-pyrrole nitrogens is 1. The predicted octanol–water partition coefficient (Wildman–Crippen LogP) is 4.35. The number of nitrogens with one attached hydrogen (secondary N) is 2. The number of piperazine rings is 1. The molecule has 4 aromatic rings. The van der Waals surface area contributed by atoms with Gasteiger partial charge in [-0.15, -0.1) is 0 Å². The summed E-state index contributed by atoms with van der Waals surface area (Å²) < 4.78 is 0. The van der Waals surface area contributed by atoms with Crippen LogP contribution >= 0.6 is 0 Å². The first-order valence-electron chi connectivity index (χ1n) is 11.7. The number of carbonyl (C=O) groups excluding carboxylic acids is 1. The fourth-order valence-corrected chi connectivity index (χ4v) is 4.64. The first-order valence-corrected chi connectivity index (χ1v) is 11.7. The molecule has 33 heavy (non-hydrogen) atoms. The van der Waals surface area contributed by atoms with Crippen LogP contribution in [0.3, 0.4) is 0 Å². The number of nitrogens with zero attached hydrogens (tertiary/aromatic N) is 2. The molecule has 0 atom stereocenters. The monoisotopic (exact) mass is 438 g/mol. The highest BCUT2D eigenvalue weighted by Gasteiger charge is 2.18. The van der Waals surface area contributed by atoms with Gasteiger partial charge in [0.25, 0.3) is 0 Å². The number of aromatic nitrogens is 1. The van der Waals surface area contributed by atoms with E-state index in [1.54, 1.807) is 0 Å². The van der Waals surface area contributed by atoms with E-state index in [0.29, 0.717) is 13.0 Å². The molecule has 1 saturated heterocycles. The van der Waals surface area contributed by atoms with Crippen molar-refractivity contribution in [2.24, 2.45) is 0 Å². The van der Waals surface area contributed by atoms with Gasteiger partial charge in [0.15, 0.2) is 0 Å². The van der Waals surface area contributed by atoms with Crippen molar-refractivity contribution in [2.75, 3.05) is 31.1 Å². The van der Waals surface area contributed by atoms with Gasteiger partial charge in [-0.25, -0.2) is 0 Å². The third-order valence-corrected chi connectivity index (χ3v) is 6.51. The molecule has 0 saturated carbocycles. The molecule has 1 aliphatic heterocycles. The summed E-state index contributed by atoms with van der Waals surface area (Å²) in [6.45, 7) is 5.62. The topological polar surface area (TPSA) is 51.4 Å². The molecule has 1 aromatic heterocycles. The van der Waals surface area contributed by atoms with Gasteiger partial charge < -0.3 is 15.2 Å². The maximum absolute atomic E-state index is 12.7. The number of para-hydroxylation sites is 2. The summed E-state index contributed by atoms with van der Waals surface area (Å²) in [6, 6.07) is 27.2. The summed E-state index contributed by atoms with van der Waals surface area (Å²) in [6.07, 6.45) is 2.32. The average Bonchev–Trinajstić information content (AvgIpc) is 3.27. The van der Waals surface area contributed by atoms with Gasteiger partial charge in [-0.1, -0.05) is 60.7 Å². The Bertz CT molecular complexity index is 1210. The van der Waals surface area contributed by atoms with E-state index < -0.39 is 0 Å².